The number of amides is 2. The summed E-state index contributed by atoms with van der Waals surface area (Å²) in [5, 5.41) is 2.77. The van der Waals surface area contributed by atoms with Crippen LogP contribution in [0.2, 0.25) is 0 Å². The van der Waals surface area contributed by atoms with Gasteiger partial charge in [0.15, 0.2) is 11.6 Å². The Balaban J connectivity index is 0.00000420. The summed E-state index contributed by atoms with van der Waals surface area (Å²) < 4.78 is 40.2. The van der Waals surface area contributed by atoms with E-state index in [2.05, 4.69) is 5.32 Å². The first-order chi connectivity index (χ1) is 13.3. The average Bonchev–Trinajstić information content (AvgIpc) is 2.64. The molecule has 0 bridgehead atoms. The predicted octanol–water partition coefficient (Wildman–Crippen LogP) is 1.45. The predicted molar refractivity (Wildman–Crippen MR) is 106 cm³/mol. The number of hydrogen-bond donors (Lipinski definition) is 2. The Labute approximate surface area is 175 Å². The molecule has 1 aliphatic heterocycles. The van der Waals surface area contributed by atoms with Crippen LogP contribution in [0.15, 0.2) is 12.1 Å². The molecular weight excluding hydrogens is 409 g/mol. The van der Waals surface area contributed by atoms with Crippen LogP contribution in [0, 0.1) is 17.5 Å². The van der Waals surface area contributed by atoms with E-state index in [0.717, 1.165) is 19.2 Å². The Kier molecular flexibility index (Phi) is 9.88. The van der Waals surface area contributed by atoms with Crippen LogP contribution in [0.4, 0.5) is 13.2 Å². The van der Waals surface area contributed by atoms with E-state index >= 15 is 0 Å². The molecule has 1 saturated heterocycles. The molecule has 2 rings (SSSR count). The number of rotatable bonds is 8. The molecule has 164 valence electrons. The molecule has 10 heteroatoms. The quantitative estimate of drug-likeness (QED) is 0.605. The van der Waals surface area contributed by atoms with Crippen LogP contribution in [-0.4, -0.2) is 66.4 Å². The van der Waals surface area contributed by atoms with Gasteiger partial charge >= 0.3 is 0 Å². The summed E-state index contributed by atoms with van der Waals surface area (Å²) in [6.45, 7) is 6.58. The number of piperazine rings is 1. The van der Waals surface area contributed by atoms with Gasteiger partial charge in [-0.25, -0.2) is 13.2 Å². The van der Waals surface area contributed by atoms with Crippen LogP contribution in [-0.2, 0) is 16.0 Å². The molecule has 3 N–H and O–H groups in total. The minimum absolute atomic E-state index is 0. The van der Waals surface area contributed by atoms with Crippen molar-refractivity contribution in [3.8, 4) is 0 Å². The molecule has 1 aliphatic rings. The van der Waals surface area contributed by atoms with Gasteiger partial charge in [0.1, 0.15) is 11.9 Å². The smallest absolute Gasteiger partial charge is 0.244 e. The fourth-order valence-corrected chi connectivity index (χ4v) is 3.34. The number of carbonyl (C=O) groups is 2. The standard InChI is InChI=1S/C19H27F3N4O2.ClH/c1-3-25(4-2)11-17-19(28)24-5-6-26(17)18(27)9-13(23)7-12-8-15(21)16(22)10-14(12)20;/h8,10,13,17H,3-7,9,11,23H2,1-2H3,(H,24,28);1H/t13-,17-;/m1./s1. The lowest BCUT2D eigenvalue weighted by atomic mass is 10.0. The zero-order valence-corrected chi connectivity index (χ0v) is 17.4. The van der Waals surface area contributed by atoms with Gasteiger partial charge in [-0.3, -0.25) is 9.59 Å². The molecule has 6 nitrogen and oxygen atoms in total. The molecule has 0 saturated carbocycles. The summed E-state index contributed by atoms with van der Waals surface area (Å²) >= 11 is 0. The minimum Gasteiger partial charge on any atom is -0.352 e. The van der Waals surface area contributed by atoms with Gasteiger partial charge in [-0.2, -0.15) is 0 Å². The monoisotopic (exact) mass is 436 g/mol. The second-order valence-electron chi connectivity index (χ2n) is 6.91. The van der Waals surface area contributed by atoms with Gasteiger partial charge < -0.3 is 20.9 Å². The van der Waals surface area contributed by atoms with Crippen molar-refractivity contribution in [3.05, 3.63) is 35.1 Å². The Hall–Kier alpha value is -1.84. The van der Waals surface area contributed by atoms with Crippen molar-refractivity contribution in [2.24, 2.45) is 5.73 Å². The van der Waals surface area contributed by atoms with E-state index < -0.39 is 29.5 Å². The van der Waals surface area contributed by atoms with Crippen molar-refractivity contribution in [1.29, 1.82) is 0 Å². The molecule has 2 amide bonds. The number of benzene rings is 1. The molecule has 0 aliphatic carbocycles. The maximum Gasteiger partial charge on any atom is 0.244 e. The number of halogens is 4. The number of nitrogens with two attached hydrogens (primary N) is 1. The molecule has 0 spiro atoms. The van der Waals surface area contributed by atoms with E-state index in [4.69, 9.17) is 5.73 Å². The van der Waals surface area contributed by atoms with Crippen molar-refractivity contribution in [2.45, 2.75) is 38.8 Å². The lowest BCUT2D eigenvalue weighted by molar-refractivity contribution is -0.144. The molecule has 0 radical (unpaired) electrons. The number of nitrogens with zero attached hydrogens (tertiary/aromatic N) is 2. The summed E-state index contributed by atoms with van der Waals surface area (Å²) in [5.41, 5.74) is 5.87. The highest BCUT2D eigenvalue weighted by Crippen LogP contribution is 2.17. The van der Waals surface area contributed by atoms with Gasteiger partial charge in [-0.15, -0.1) is 12.4 Å². The molecule has 1 aromatic rings. The number of likely N-dealkylation sites (N-methyl/N-ethyl adjacent to an activating group) is 1. The van der Waals surface area contributed by atoms with Crippen LogP contribution >= 0.6 is 12.4 Å². The first-order valence-corrected chi connectivity index (χ1v) is 9.45. The van der Waals surface area contributed by atoms with Crippen LogP contribution in [0.3, 0.4) is 0 Å². The summed E-state index contributed by atoms with van der Waals surface area (Å²) in [6.07, 6.45) is -0.240. The number of carbonyl (C=O) groups excluding carboxylic acids is 2. The zero-order chi connectivity index (χ0) is 20.8. The van der Waals surface area contributed by atoms with Gasteiger partial charge in [0.2, 0.25) is 11.8 Å². The first-order valence-electron chi connectivity index (χ1n) is 9.45. The fraction of sp³-hybridized carbons (Fsp3) is 0.579. The second-order valence-corrected chi connectivity index (χ2v) is 6.91. The third-order valence-electron chi connectivity index (χ3n) is 4.98. The highest BCUT2D eigenvalue weighted by molar-refractivity contribution is 5.89. The van der Waals surface area contributed by atoms with Crippen LogP contribution < -0.4 is 11.1 Å². The average molecular weight is 437 g/mol. The van der Waals surface area contributed by atoms with E-state index in [1.54, 1.807) is 0 Å². The van der Waals surface area contributed by atoms with E-state index in [0.29, 0.717) is 25.7 Å². The first kappa shape index (κ1) is 25.2. The minimum atomic E-state index is -1.27. The van der Waals surface area contributed by atoms with Crippen molar-refractivity contribution < 1.29 is 22.8 Å². The largest absolute Gasteiger partial charge is 0.352 e. The maximum atomic E-state index is 13.8. The molecule has 1 heterocycles. The van der Waals surface area contributed by atoms with E-state index in [1.807, 2.05) is 18.7 Å². The topological polar surface area (TPSA) is 78.7 Å². The van der Waals surface area contributed by atoms with Crippen LogP contribution in [0.5, 0.6) is 0 Å². The summed E-state index contributed by atoms with van der Waals surface area (Å²) in [7, 11) is 0. The summed E-state index contributed by atoms with van der Waals surface area (Å²) in [6, 6.07) is -0.180. The summed E-state index contributed by atoms with van der Waals surface area (Å²) in [5.74, 6) is -3.88. The van der Waals surface area contributed by atoms with Crippen LogP contribution in [0.1, 0.15) is 25.8 Å². The van der Waals surface area contributed by atoms with Gasteiger partial charge in [0.05, 0.1) is 0 Å². The molecule has 2 atom stereocenters. The Bertz CT molecular complexity index is 719. The van der Waals surface area contributed by atoms with Crippen molar-refractivity contribution >= 4 is 24.2 Å². The highest BCUT2D eigenvalue weighted by atomic mass is 35.5. The molecule has 1 fully saturated rings. The van der Waals surface area contributed by atoms with Crippen molar-refractivity contribution in [3.63, 3.8) is 0 Å². The van der Waals surface area contributed by atoms with Crippen LogP contribution in [0.25, 0.3) is 0 Å². The van der Waals surface area contributed by atoms with Gasteiger partial charge in [-0.1, -0.05) is 13.8 Å². The summed E-state index contributed by atoms with van der Waals surface area (Å²) in [4.78, 5) is 28.6. The second kappa shape index (κ2) is 11.4. The zero-order valence-electron chi connectivity index (χ0n) is 16.6. The van der Waals surface area contributed by atoms with Gasteiger partial charge in [0.25, 0.3) is 0 Å². The maximum absolute atomic E-state index is 13.8. The molecule has 1 aromatic carbocycles. The normalized spacial score (nSPS) is 17.7. The Morgan fingerprint density at radius 3 is 2.48 bits per heavy atom. The van der Waals surface area contributed by atoms with Crippen molar-refractivity contribution in [2.75, 3.05) is 32.7 Å². The third kappa shape index (κ3) is 6.58. The third-order valence-corrected chi connectivity index (χ3v) is 4.98. The van der Waals surface area contributed by atoms with E-state index in [1.165, 1.54) is 4.90 Å². The lowest BCUT2D eigenvalue weighted by Crippen LogP contribution is -2.61. The fourth-order valence-electron chi connectivity index (χ4n) is 3.34. The van der Waals surface area contributed by atoms with Gasteiger partial charge in [0, 0.05) is 38.2 Å². The Morgan fingerprint density at radius 1 is 1.24 bits per heavy atom. The highest BCUT2D eigenvalue weighted by Gasteiger charge is 2.34. The number of nitrogens with one attached hydrogen (secondary N) is 1. The molecule has 0 unspecified atom stereocenters. The van der Waals surface area contributed by atoms with E-state index in [9.17, 15) is 22.8 Å². The Morgan fingerprint density at radius 2 is 1.86 bits per heavy atom. The molecule has 29 heavy (non-hydrogen) atoms. The lowest BCUT2D eigenvalue weighted by Gasteiger charge is -2.38. The van der Waals surface area contributed by atoms with Crippen molar-refractivity contribution in [1.82, 2.24) is 15.1 Å². The molecular formula is C19H28ClF3N4O2. The SMILES string of the molecule is CCN(CC)C[C@@H]1C(=O)NCCN1C(=O)C[C@H](N)Cc1cc(F)c(F)cc1F.Cl. The van der Waals surface area contributed by atoms with Gasteiger partial charge in [-0.05, 0) is 31.1 Å². The molecule has 0 aromatic heterocycles. The number of hydrogen-bond acceptors (Lipinski definition) is 4. The van der Waals surface area contributed by atoms with E-state index in [-0.39, 0.29) is 42.6 Å².